The molecular weight excluding hydrogens is 273 g/mol. The molecule has 20 heavy (non-hydrogen) atoms. The zero-order valence-electron chi connectivity index (χ0n) is 10.7. The van der Waals surface area contributed by atoms with Crippen molar-refractivity contribution in [2.45, 2.75) is 20.0 Å². The summed E-state index contributed by atoms with van der Waals surface area (Å²) in [5, 5.41) is 9.11. The maximum atomic E-state index is 12.6. The van der Waals surface area contributed by atoms with Gasteiger partial charge in [0.05, 0.1) is 28.8 Å². The van der Waals surface area contributed by atoms with Crippen LogP contribution in [-0.2, 0) is 6.18 Å². The van der Waals surface area contributed by atoms with Gasteiger partial charge in [-0.2, -0.15) is 13.2 Å². The first-order valence-electron chi connectivity index (χ1n) is 5.67. The number of benzene rings is 1. The van der Waals surface area contributed by atoms with E-state index in [0.29, 0.717) is 17.5 Å². The molecule has 7 heteroatoms. The number of carbonyl (C=O) groups is 1. The topological polar surface area (TPSA) is 55.1 Å². The van der Waals surface area contributed by atoms with Crippen LogP contribution in [0.5, 0.6) is 0 Å². The molecule has 0 amide bonds. The summed E-state index contributed by atoms with van der Waals surface area (Å²) in [7, 11) is 0. The van der Waals surface area contributed by atoms with Crippen molar-refractivity contribution < 1.29 is 23.1 Å². The number of aromatic nitrogens is 2. The molecule has 0 spiro atoms. The van der Waals surface area contributed by atoms with Gasteiger partial charge in [-0.05, 0) is 32.0 Å². The van der Waals surface area contributed by atoms with E-state index in [0.717, 1.165) is 12.1 Å². The van der Waals surface area contributed by atoms with Crippen LogP contribution in [0.15, 0.2) is 24.5 Å². The molecule has 0 saturated heterocycles. The predicted octanol–water partition coefficient (Wildman–Crippen LogP) is 3.21. The summed E-state index contributed by atoms with van der Waals surface area (Å²) in [5.41, 5.74) is 0.102. The Hall–Kier alpha value is -2.31. The molecule has 2 aromatic rings. The Labute approximate surface area is 112 Å². The van der Waals surface area contributed by atoms with Gasteiger partial charge >= 0.3 is 12.1 Å². The molecule has 0 saturated carbocycles. The zero-order valence-corrected chi connectivity index (χ0v) is 10.7. The number of nitrogens with zero attached hydrogens (tertiary/aromatic N) is 2. The lowest BCUT2D eigenvalue weighted by atomic mass is 10.1. The second kappa shape index (κ2) is 4.66. The average molecular weight is 284 g/mol. The van der Waals surface area contributed by atoms with Gasteiger partial charge in [0.1, 0.15) is 0 Å². The van der Waals surface area contributed by atoms with E-state index < -0.39 is 23.3 Å². The highest BCUT2D eigenvalue weighted by molar-refractivity contribution is 5.92. The molecule has 0 atom stereocenters. The van der Waals surface area contributed by atoms with Crippen LogP contribution < -0.4 is 0 Å². The minimum Gasteiger partial charge on any atom is -0.478 e. The number of imidazole rings is 1. The van der Waals surface area contributed by atoms with Crippen molar-refractivity contribution >= 4 is 5.97 Å². The second-order valence-electron chi connectivity index (χ2n) is 4.32. The van der Waals surface area contributed by atoms with Crippen LogP contribution >= 0.6 is 0 Å². The number of hydrogen-bond acceptors (Lipinski definition) is 2. The molecule has 0 aliphatic heterocycles. The van der Waals surface area contributed by atoms with Crippen LogP contribution in [0.2, 0.25) is 0 Å². The molecule has 1 heterocycles. The number of rotatable bonds is 2. The third-order valence-electron chi connectivity index (χ3n) is 3.07. The molecule has 1 aromatic carbocycles. The van der Waals surface area contributed by atoms with Crippen molar-refractivity contribution in [3.05, 3.63) is 47.0 Å². The van der Waals surface area contributed by atoms with Crippen molar-refractivity contribution in [2.75, 3.05) is 0 Å². The van der Waals surface area contributed by atoms with Gasteiger partial charge in [-0.25, -0.2) is 9.78 Å². The first-order chi connectivity index (χ1) is 9.21. The van der Waals surface area contributed by atoms with Crippen LogP contribution in [0.3, 0.4) is 0 Å². The van der Waals surface area contributed by atoms with Crippen LogP contribution in [0, 0.1) is 13.8 Å². The van der Waals surface area contributed by atoms with Gasteiger partial charge in [-0.15, -0.1) is 0 Å². The molecular formula is C13H11F3N2O2. The molecule has 2 rings (SSSR count). The van der Waals surface area contributed by atoms with Crippen molar-refractivity contribution in [2.24, 2.45) is 0 Å². The highest BCUT2D eigenvalue weighted by Crippen LogP contribution is 2.31. The first kappa shape index (κ1) is 14.1. The molecule has 0 aliphatic carbocycles. The predicted molar refractivity (Wildman–Crippen MR) is 65.0 cm³/mol. The molecule has 0 fully saturated rings. The van der Waals surface area contributed by atoms with E-state index in [1.807, 2.05) is 0 Å². The number of aromatic carboxylic acids is 1. The van der Waals surface area contributed by atoms with E-state index in [1.54, 1.807) is 13.8 Å². The Morgan fingerprint density at radius 2 is 1.95 bits per heavy atom. The van der Waals surface area contributed by atoms with Crippen molar-refractivity contribution in [3.63, 3.8) is 0 Å². The highest BCUT2D eigenvalue weighted by atomic mass is 19.4. The van der Waals surface area contributed by atoms with E-state index in [2.05, 4.69) is 4.98 Å². The Bertz CT molecular complexity index is 675. The third-order valence-corrected chi connectivity index (χ3v) is 3.07. The summed E-state index contributed by atoms with van der Waals surface area (Å²) in [5.74, 6) is -1.42. The number of aryl methyl sites for hydroxylation is 1. The maximum Gasteiger partial charge on any atom is 0.416 e. The molecule has 106 valence electrons. The normalized spacial score (nSPS) is 11.7. The lowest BCUT2D eigenvalue weighted by Crippen LogP contribution is -2.11. The van der Waals surface area contributed by atoms with Crippen LogP contribution in [0.25, 0.3) is 5.69 Å². The number of carboxylic acids is 1. The number of hydrogen-bond donors (Lipinski definition) is 1. The Morgan fingerprint density at radius 1 is 1.30 bits per heavy atom. The van der Waals surface area contributed by atoms with E-state index in [9.17, 15) is 18.0 Å². The summed E-state index contributed by atoms with van der Waals surface area (Å²) < 4.78 is 39.4. The largest absolute Gasteiger partial charge is 0.478 e. The fourth-order valence-electron chi connectivity index (χ4n) is 1.84. The lowest BCUT2D eigenvalue weighted by molar-refractivity contribution is -0.137. The molecule has 0 radical (unpaired) electrons. The van der Waals surface area contributed by atoms with E-state index in [-0.39, 0.29) is 5.69 Å². The molecule has 0 aliphatic rings. The molecule has 4 nitrogen and oxygen atoms in total. The zero-order chi connectivity index (χ0) is 15.1. The second-order valence-corrected chi connectivity index (χ2v) is 4.32. The van der Waals surface area contributed by atoms with Crippen LogP contribution in [0.4, 0.5) is 13.2 Å². The monoisotopic (exact) mass is 284 g/mol. The van der Waals surface area contributed by atoms with E-state index in [4.69, 9.17) is 5.11 Å². The summed E-state index contributed by atoms with van der Waals surface area (Å²) in [6.45, 7) is 3.45. The van der Waals surface area contributed by atoms with Gasteiger partial charge in [0, 0.05) is 5.69 Å². The van der Waals surface area contributed by atoms with Crippen LogP contribution in [0.1, 0.15) is 27.3 Å². The summed E-state index contributed by atoms with van der Waals surface area (Å²) in [6.07, 6.45) is -3.19. The standard InChI is InChI=1S/C13H11F3N2O2/c1-7-8(2)18(6-17-7)11-4-3-9(13(14,15)16)5-10(11)12(19)20/h3-6H,1-2H3,(H,19,20). The minimum absolute atomic E-state index is 0.156. The third kappa shape index (κ3) is 2.38. The van der Waals surface area contributed by atoms with Crippen LogP contribution in [-0.4, -0.2) is 20.6 Å². The SMILES string of the molecule is Cc1ncn(-c2ccc(C(F)(F)F)cc2C(=O)O)c1C. The van der Waals surface area contributed by atoms with Gasteiger partial charge in [-0.3, -0.25) is 0 Å². The fourth-order valence-corrected chi connectivity index (χ4v) is 1.84. The smallest absolute Gasteiger partial charge is 0.416 e. The van der Waals surface area contributed by atoms with Crippen molar-refractivity contribution in [1.82, 2.24) is 9.55 Å². The molecule has 1 aromatic heterocycles. The number of alkyl halides is 3. The van der Waals surface area contributed by atoms with Gasteiger partial charge in [-0.1, -0.05) is 0 Å². The number of halogens is 3. The Morgan fingerprint density at radius 3 is 2.40 bits per heavy atom. The lowest BCUT2D eigenvalue weighted by Gasteiger charge is -2.13. The first-order valence-corrected chi connectivity index (χ1v) is 5.67. The summed E-state index contributed by atoms with van der Waals surface area (Å²) >= 11 is 0. The summed E-state index contributed by atoms with van der Waals surface area (Å²) in [4.78, 5) is 15.2. The quantitative estimate of drug-likeness (QED) is 0.921. The molecule has 0 bridgehead atoms. The van der Waals surface area contributed by atoms with Gasteiger partial charge in [0.15, 0.2) is 0 Å². The van der Waals surface area contributed by atoms with E-state index in [1.165, 1.54) is 10.9 Å². The van der Waals surface area contributed by atoms with Crippen molar-refractivity contribution in [1.29, 1.82) is 0 Å². The van der Waals surface area contributed by atoms with Gasteiger partial charge in [0.25, 0.3) is 0 Å². The Balaban J connectivity index is 2.66. The highest BCUT2D eigenvalue weighted by Gasteiger charge is 2.32. The summed E-state index contributed by atoms with van der Waals surface area (Å²) in [6, 6.07) is 2.63. The van der Waals surface area contributed by atoms with Crippen molar-refractivity contribution in [3.8, 4) is 5.69 Å². The van der Waals surface area contributed by atoms with Gasteiger partial charge < -0.3 is 9.67 Å². The Kier molecular flexibility index (Phi) is 3.29. The molecule has 1 N–H and O–H groups in total. The minimum atomic E-state index is -4.58. The maximum absolute atomic E-state index is 12.6. The molecule has 0 unspecified atom stereocenters. The van der Waals surface area contributed by atoms with Gasteiger partial charge in [0.2, 0.25) is 0 Å². The average Bonchev–Trinajstić information content (AvgIpc) is 2.68. The fraction of sp³-hybridized carbons (Fsp3) is 0.231. The number of carboxylic acid groups (broad SMARTS) is 1. The van der Waals surface area contributed by atoms with E-state index >= 15 is 0 Å².